The van der Waals surface area contributed by atoms with Crippen molar-refractivity contribution in [2.45, 2.75) is 99.1 Å². The Bertz CT molecular complexity index is 468. The quantitative estimate of drug-likeness (QED) is 0.421. The predicted molar refractivity (Wildman–Crippen MR) is 109 cm³/mol. The zero-order valence-electron chi connectivity index (χ0n) is 17.4. The van der Waals surface area contributed by atoms with E-state index in [9.17, 15) is 4.79 Å². The van der Waals surface area contributed by atoms with Gasteiger partial charge in [-0.2, -0.15) is 0 Å². The van der Waals surface area contributed by atoms with Gasteiger partial charge in [-0.25, -0.2) is 4.79 Å². The summed E-state index contributed by atoms with van der Waals surface area (Å²) >= 11 is 0. The Morgan fingerprint density at radius 2 is 1.40 bits per heavy atom. The summed E-state index contributed by atoms with van der Waals surface area (Å²) in [5.74, 6) is 0. The Kier molecular flexibility index (Phi) is 12.9. The van der Waals surface area contributed by atoms with Crippen LogP contribution in [0.25, 0.3) is 0 Å². The average Bonchev–Trinajstić information content (AvgIpc) is 2.45. The predicted octanol–water partition coefficient (Wildman–Crippen LogP) is 6.71. The number of amides is 1. The van der Waals surface area contributed by atoms with E-state index in [2.05, 4.69) is 51.2 Å². The molecule has 0 aromatic heterocycles. The van der Waals surface area contributed by atoms with Crippen LogP contribution in [0.2, 0.25) is 0 Å². The van der Waals surface area contributed by atoms with Gasteiger partial charge in [0, 0.05) is 6.04 Å². The van der Waals surface area contributed by atoms with Crippen molar-refractivity contribution in [2.24, 2.45) is 0 Å². The monoisotopic (exact) mass is 349 g/mol. The molecule has 3 nitrogen and oxygen atoms in total. The number of hydrogen-bond acceptors (Lipinski definition) is 2. The van der Waals surface area contributed by atoms with Crippen molar-refractivity contribution in [3.05, 3.63) is 34.9 Å². The molecule has 0 fully saturated rings. The zero-order valence-corrected chi connectivity index (χ0v) is 17.4. The van der Waals surface area contributed by atoms with Gasteiger partial charge in [0.2, 0.25) is 0 Å². The molecule has 0 aliphatic carbocycles. The molecule has 0 spiro atoms. The molecule has 0 rings (SSSR count). The van der Waals surface area contributed by atoms with Gasteiger partial charge in [0.1, 0.15) is 6.10 Å². The van der Waals surface area contributed by atoms with E-state index in [1.165, 1.54) is 16.7 Å². The molecular weight excluding hydrogens is 310 g/mol. The largest absolute Gasteiger partial charge is 0.447 e. The van der Waals surface area contributed by atoms with Gasteiger partial charge in [-0.15, -0.1) is 0 Å². The smallest absolute Gasteiger partial charge is 0.407 e. The second-order valence-electron chi connectivity index (χ2n) is 7.55. The van der Waals surface area contributed by atoms with Crippen LogP contribution in [0.4, 0.5) is 4.79 Å². The first-order valence-electron chi connectivity index (χ1n) is 9.62. The Hall–Kier alpha value is -1.51. The molecule has 1 amide bonds. The van der Waals surface area contributed by atoms with Crippen molar-refractivity contribution in [1.82, 2.24) is 5.32 Å². The third-order valence-corrected chi connectivity index (χ3v) is 3.90. The van der Waals surface area contributed by atoms with Gasteiger partial charge < -0.3 is 10.1 Å². The molecular formula is C22H39NO2. The van der Waals surface area contributed by atoms with Gasteiger partial charge in [-0.05, 0) is 87.0 Å². The molecule has 25 heavy (non-hydrogen) atoms. The second-order valence-corrected chi connectivity index (χ2v) is 7.55. The van der Waals surface area contributed by atoms with Crippen LogP contribution in [0, 0.1) is 0 Å². The molecule has 0 saturated carbocycles. The number of hydrogen-bond donors (Lipinski definition) is 1. The van der Waals surface area contributed by atoms with Gasteiger partial charge >= 0.3 is 6.09 Å². The van der Waals surface area contributed by atoms with Crippen molar-refractivity contribution in [1.29, 1.82) is 0 Å². The van der Waals surface area contributed by atoms with Gasteiger partial charge in [0.15, 0.2) is 0 Å². The normalized spacial score (nSPS) is 13.6. The minimum atomic E-state index is -0.322. The van der Waals surface area contributed by atoms with Crippen LogP contribution in [0.3, 0.4) is 0 Å². The molecule has 0 saturated heterocycles. The van der Waals surface area contributed by atoms with E-state index in [1.807, 2.05) is 20.8 Å². The first-order chi connectivity index (χ1) is 11.7. The molecule has 0 bridgehead atoms. The van der Waals surface area contributed by atoms with Gasteiger partial charge in [-0.1, -0.05) is 34.9 Å². The number of ether oxygens (including phenoxy) is 1. The summed E-state index contributed by atoms with van der Waals surface area (Å²) in [6.07, 6.45) is 12.9. The van der Waals surface area contributed by atoms with E-state index >= 15 is 0 Å². The molecule has 0 aromatic rings. The van der Waals surface area contributed by atoms with E-state index in [1.54, 1.807) is 0 Å². The minimum Gasteiger partial charge on any atom is -0.447 e. The minimum absolute atomic E-state index is 0.0555. The van der Waals surface area contributed by atoms with Crippen molar-refractivity contribution in [3.8, 4) is 0 Å². The third-order valence-electron chi connectivity index (χ3n) is 3.90. The Morgan fingerprint density at radius 3 is 1.92 bits per heavy atom. The molecule has 0 aromatic carbocycles. The Balaban J connectivity index is 3.97. The maximum absolute atomic E-state index is 11.5. The molecule has 1 atom stereocenters. The van der Waals surface area contributed by atoms with E-state index < -0.39 is 0 Å². The zero-order chi connectivity index (χ0) is 19.2. The molecule has 144 valence electrons. The van der Waals surface area contributed by atoms with Crippen LogP contribution in [-0.4, -0.2) is 18.2 Å². The molecule has 3 heteroatoms. The highest BCUT2D eigenvalue weighted by molar-refractivity contribution is 5.67. The fourth-order valence-corrected chi connectivity index (χ4v) is 2.41. The summed E-state index contributed by atoms with van der Waals surface area (Å²) in [6, 6.07) is 0.111. The SMILES string of the molecule is CC(C)=CCC/C(C)=C/CC/C(C)=C/CCC(C)OC(=O)NC(C)C. The highest BCUT2D eigenvalue weighted by atomic mass is 16.6. The lowest BCUT2D eigenvalue weighted by Crippen LogP contribution is -2.32. The third kappa shape index (κ3) is 15.7. The lowest BCUT2D eigenvalue weighted by Gasteiger charge is -2.14. The standard InChI is InChI=1S/C22H39NO2/c1-17(2)11-8-12-19(5)13-9-14-20(6)15-10-16-21(7)25-22(24)23-18(3)4/h11,13,15,18,21H,8-10,12,14,16H2,1-7H3,(H,23,24)/b19-13+,20-15+. The summed E-state index contributed by atoms with van der Waals surface area (Å²) in [4.78, 5) is 11.5. The molecule has 0 aliphatic heterocycles. The summed E-state index contributed by atoms with van der Waals surface area (Å²) < 4.78 is 5.32. The van der Waals surface area contributed by atoms with E-state index in [0.717, 1.165) is 38.5 Å². The maximum atomic E-state index is 11.5. The maximum Gasteiger partial charge on any atom is 0.407 e. The highest BCUT2D eigenvalue weighted by Gasteiger charge is 2.09. The number of nitrogens with one attached hydrogen (secondary N) is 1. The van der Waals surface area contributed by atoms with Crippen LogP contribution >= 0.6 is 0 Å². The summed E-state index contributed by atoms with van der Waals surface area (Å²) in [6.45, 7) is 14.5. The van der Waals surface area contributed by atoms with Gasteiger partial charge in [0.25, 0.3) is 0 Å². The number of carbonyl (C=O) groups excluding carboxylic acids is 1. The van der Waals surface area contributed by atoms with Crippen LogP contribution in [0.5, 0.6) is 0 Å². The molecule has 0 aliphatic rings. The highest BCUT2D eigenvalue weighted by Crippen LogP contribution is 2.13. The second kappa shape index (κ2) is 13.7. The van der Waals surface area contributed by atoms with Crippen LogP contribution in [0.1, 0.15) is 87.0 Å². The fourth-order valence-electron chi connectivity index (χ4n) is 2.41. The number of allylic oxidation sites excluding steroid dienone is 6. The molecule has 0 radical (unpaired) electrons. The van der Waals surface area contributed by atoms with E-state index in [0.29, 0.717) is 0 Å². The summed E-state index contributed by atoms with van der Waals surface area (Å²) in [7, 11) is 0. The van der Waals surface area contributed by atoms with Crippen LogP contribution < -0.4 is 5.32 Å². The van der Waals surface area contributed by atoms with Gasteiger partial charge in [-0.3, -0.25) is 0 Å². The number of alkyl carbamates (subject to hydrolysis) is 1. The lowest BCUT2D eigenvalue weighted by molar-refractivity contribution is 0.101. The van der Waals surface area contributed by atoms with Crippen molar-refractivity contribution in [2.75, 3.05) is 0 Å². The number of carbonyl (C=O) groups is 1. The average molecular weight is 350 g/mol. The van der Waals surface area contributed by atoms with E-state index in [-0.39, 0.29) is 18.2 Å². The van der Waals surface area contributed by atoms with E-state index in [4.69, 9.17) is 4.74 Å². The lowest BCUT2D eigenvalue weighted by atomic mass is 10.1. The van der Waals surface area contributed by atoms with Crippen LogP contribution in [-0.2, 0) is 4.74 Å². The van der Waals surface area contributed by atoms with Crippen molar-refractivity contribution >= 4 is 6.09 Å². The fraction of sp³-hybridized carbons (Fsp3) is 0.682. The molecule has 0 heterocycles. The first kappa shape index (κ1) is 23.5. The molecule has 1 unspecified atom stereocenters. The van der Waals surface area contributed by atoms with Crippen LogP contribution in [0.15, 0.2) is 34.9 Å². The topological polar surface area (TPSA) is 38.3 Å². The summed E-state index contributed by atoms with van der Waals surface area (Å²) in [5, 5.41) is 2.75. The Morgan fingerprint density at radius 1 is 0.880 bits per heavy atom. The van der Waals surface area contributed by atoms with Crippen molar-refractivity contribution < 1.29 is 9.53 Å². The Labute approximate surface area is 155 Å². The summed E-state index contributed by atoms with van der Waals surface area (Å²) in [5.41, 5.74) is 4.28. The molecule has 1 N–H and O–H groups in total. The number of rotatable bonds is 11. The first-order valence-corrected chi connectivity index (χ1v) is 9.62. The van der Waals surface area contributed by atoms with Gasteiger partial charge in [0.05, 0.1) is 0 Å². The van der Waals surface area contributed by atoms with Crippen molar-refractivity contribution in [3.63, 3.8) is 0 Å².